The molecule has 1 aliphatic rings. The number of aromatic amines is 2. The van der Waals surface area contributed by atoms with Crippen LogP contribution in [0.5, 0.6) is 0 Å². The van der Waals surface area contributed by atoms with Crippen molar-refractivity contribution in [2.24, 2.45) is 0 Å². The molecular weight excluding hydrogens is 354 g/mol. The first-order valence-electron chi connectivity index (χ1n) is 8.74. The van der Waals surface area contributed by atoms with Crippen LogP contribution < -0.4 is 21.0 Å². The number of fused-ring (bicyclic) bond motifs is 1. The van der Waals surface area contributed by atoms with E-state index in [4.69, 9.17) is 0 Å². The Hall–Kier alpha value is -3.93. The van der Waals surface area contributed by atoms with Crippen LogP contribution in [0.1, 0.15) is 15.9 Å². The van der Waals surface area contributed by atoms with Crippen molar-refractivity contribution in [2.45, 2.75) is 0 Å². The van der Waals surface area contributed by atoms with E-state index in [0.29, 0.717) is 11.3 Å². The van der Waals surface area contributed by atoms with Gasteiger partial charge in [-0.25, -0.2) is 0 Å². The van der Waals surface area contributed by atoms with Crippen LogP contribution >= 0.6 is 0 Å². The molecule has 1 aromatic heterocycles. The van der Waals surface area contributed by atoms with Crippen LogP contribution in [0.3, 0.4) is 0 Å². The fraction of sp³-hybridized carbons (Fsp3) is 0.0455. The van der Waals surface area contributed by atoms with Gasteiger partial charge in [-0.3, -0.25) is 24.6 Å². The van der Waals surface area contributed by atoms with E-state index in [-0.39, 0.29) is 16.1 Å². The molecule has 0 spiro atoms. The molecule has 0 atom stereocenters. The lowest BCUT2D eigenvalue weighted by Crippen LogP contribution is -2.44. The number of rotatable bonds is 2. The number of nitrogens with one attached hydrogen (secondary N) is 2. The molecule has 0 unspecified atom stereocenters. The van der Waals surface area contributed by atoms with Gasteiger partial charge in [0, 0.05) is 12.6 Å². The Morgan fingerprint density at radius 2 is 1.61 bits per heavy atom. The zero-order valence-corrected chi connectivity index (χ0v) is 15.1. The number of Topliss-reactive ketones (excluding diaryl/α,β-unsaturated/α-hetero) is 1. The van der Waals surface area contributed by atoms with Gasteiger partial charge >= 0.3 is 0 Å². The van der Waals surface area contributed by atoms with Crippen LogP contribution in [0.4, 0.5) is 5.69 Å². The highest BCUT2D eigenvalue weighted by Crippen LogP contribution is 2.28. The molecule has 0 radical (unpaired) electrons. The molecular formula is C22H17N3O3. The number of carbonyl (C=O) groups is 2. The van der Waals surface area contributed by atoms with Crippen molar-refractivity contribution in [1.29, 1.82) is 0 Å². The number of para-hydroxylation sites is 1. The van der Waals surface area contributed by atoms with Gasteiger partial charge in [0.1, 0.15) is 5.57 Å². The van der Waals surface area contributed by atoms with E-state index < -0.39 is 17.2 Å². The van der Waals surface area contributed by atoms with Gasteiger partial charge in [-0.05, 0) is 23.8 Å². The number of H-pyrrole nitrogens is 2. The summed E-state index contributed by atoms with van der Waals surface area (Å²) in [6.45, 7) is 0. The highest BCUT2D eigenvalue weighted by atomic mass is 16.2. The number of benzene rings is 2. The van der Waals surface area contributed by atoms with Crippen LogP contribution in [0.25, 0.3) is 17.7 Å². The zero-order chi connectivity index (χ0) is 19.7. The maximum absolute atomic E-state index is 13.0. The number of anilines is 1. The Morgan fingerprint density at radius 1 is 0.893 bits per heavy atom. The minimum atomic E-state index is -0.458. The van der Waals surface area contributed by atoms with Crippen LogP contribution in [0, 0.1) is 0 Å². The van der Waals surface area contributed by atoms with Crippen LogP contribution in [-0.4, -0.2) is 28.9 Å². The summed E-state index contributed by atoms with van der Waals surface area (Å²) in [6, 6.07) is 16.5. The van der Waals surface area contributed by atoms with Gasteiger partial charge in [-0.2, -0.15) is 0 Å². The lowest BCUT2D eigenvalue weighted by Gasteiger charge is -2.25. The van der Waals surface area contributed by atoms with E-state index in [1.165, 1.54) is 4.90 Å². The number of hydrogen-bond donors (Lipinski definition) is 2. The van der Waals surface area contributed by atoms with E-state index in [2.05, 4.69) is 10.2 Å². The van der Waals surface area contributed by atoms with E-state index >= 15 is 0 Å². The van der Waals surface area contributed by atoms with Crippen molar-refractivity contribution >= 4 is 35.1 Å². The molecule has 0 saturated heterocycles. The Kier molecular flexibility index (Phi) is 4.37. The second kappa shape index (κ2) is 7.00. The summed E-state index contributed by atoms with van der Waals surface area (Å²) < 4.78 is 0. The SMILES string of the molecule is CN1C(=O)/C(=c2/[nH][nH]c(=O)/c2=C\C=C\c2ccccc2)C(=O)c2ccccc21. The number of nitrogens with zero attached hydrogens (tertiary/aromatic N) is 1. The van der Waals surface area contributed by atoms with Gasteiger partial charge in [-0.15, -0.1) is 0 Å². The Bertz CT molecular complexity index is 1280. The second-order valence-electron chi connectivity index (χ2n) is 6.39. The minimum absolute atomic E-state index is 0.0566. The maximum Gasteiger partial charge on any atom is 0.271 e. The molecule has 0 saturated carbocycles. The second-order valence-corrected chi connectivity index (χ2v) is 6.39. The topological polar surface area (TPSA) is 86.0 Å². The first kappa shape index (κ1) is 17.5. The van der Waals surface area contributed by atoms with E-state index in [0.717, 1.165) is 5.56 Å². The van der Waals surface area contributed by atoms with Gasteiger partial charge in [0.2, 0.25) is 5.78 Å². The van der Waals surface area contributed by atoms with Crippen molar-refractivity contribution < 1.29 is 9.59 Å². The number of carbonyl (C=O) groups excluding carboxylic acids is 2. The standard InChI is InChI=1S/C22H17N3O3/c1-25-17-13-6-5-11-15(17)20(26)18(22(25)28)19-16(21(27)24-23-19)12-7-10-14-8-3-2-4-9-14/h2-13,23H,1H3,(H,24,27)/b10-7+,16-12-,19-18+. The number of allylic oxidation sites excluding steroid dienone is 1. The van der Waals surface area contributed by atoms with Crippen LogP contribution in [-0.2, 0) is 4.79 Å². The van der Waals surface area contributed by atoms with Crippen molar-refractivity contribution in [3.8, 4) is 0 Å². The van der Waals surface area contributed by atoms with Crippen LogP contribution in [0.2, 0.25) is 0 Å². The Labute approximate surface area is 160 Å². The average Bonchev–Trinajstić information content (AvgIpc) is 3.08. The highest BCUT2D eigenvalue weighted by Gasteiger charge is 2.33. The molecule has 6 heteroatoms. The minimum Gasteiger partial charge on any atom is -0.310 e. The third kappa shape index (κ3) is 2.91. The van der Waals surface area contributed by atoms with Gasteiger partial charge in [0.25, 0.3) is 11.5 Å². The zero-order valence-electron chi connectivity index (χ0n) is 15.1. The van der Waals surface area contributed by atoms with Gasteiger partial charge in [0.15, 0.2) is 0 Å². The Balaban J connectivity index is 1.91. The molecule has 2 heterocycles. The number of amides is 1. The summed E-state index contributed by atoms with van der Waals surface area (Å²) in [4.78, 5) is 39.5. The summed E-state index contributed by atoms with van der Waals surface area (Å²) in [7, 11) is 1.61. The molecule has 6 nitrogen and oxygen atoms in total. The average molecular weight is 371 g/mol. The summed E-state index contributed by atoms with van der Waals surface area (Å²) in [5.74, 6) is -0.865. The molecule has 3 aromatic rings. The van der Waals surface area contributed by atoms with Crippen LogP contribution in [0.15, 0.2) is 65.5 Å². The number of aromatic nitrogens is 2. The summed E-state index contributed by atoms with van der Waals surface area (Å²) in [5, 5.41) is 5.60. The first-order chi connectivity index (χ1) is 13.6. The van der Waals surface area contributed by atoms with Crippen molar-refractivity contribution in [3.63, 3.8) is 0 Å². The first-order valence-corrected chi connectivity index (χ1v) is 8.74. The quantitative estimate of drug-likeness (QED) is 0.710. The van der Waals surface area contributed by atoms with Gasteiger partial charge in [0.05, 0.1) is 16.3 Å². The summed E-state index contributed by atoms with van der Waals surface area (Å²) in [5.41, 5.74) is 1.49. The van der Waals surface area contributed by atoms with Crippen molar-refractivity contribution in [2.75, 3.05) is 11.9 Å². The molecule has 28 heavy (non-hydrogen) atoms. The largest absolute Gasteiger partial charge is 0.310 e. The molecule has 0 bridgehead atoms. The number of hydrogen-bond acceptors (Lipinski definition) is 3. The summed E-state index contributed by atoms with van der Waals surface area (Å²) >= 11 is 0. The molecule has 2 aromatic carbocycles. The molecule has 0 aliphatic carbocycles. The molecule has 0 fully saturated rings. The molecule has 4 rings (SSSR count). The molecule has 2 N–H and O–H groups in total. The fourth-order valence-corrected chi connectivity index (χ4v) is 3.23. The lowest BCUT2D eigenvalue weighted by atomic mass is 9.95. The fourth-order valence-electron chi connectivity index (χ4n) is 3.23. The molecule has 1 amide bonds. The predicted molar refractivity (Wildman–Crippen MR) is 108 cm³/mol. The van der Waals surface area contributed by atoms with Crippen molar-refractivity contribution in [3.05, 3.63) is 92.7 Å². The van der Waals surface area contributed by atoms with Gasteiger partial charge in [-0.1, -0.05) is 54.6 Å². The highest BCUT2D eigenvalue weighted by molar-refractivity contribution is 6.51. The Morgan fingerprint density at radius 3 is 2.39 bits per heavy atom. The number of ketones is 1. The monoisotopic (exact) mass is 371 g/mol. The van der Waals surface area contributed by atoms with E-state index in [1.54, 1.807) is 43.5 Å². The van der Waals surface area contributed by atoms with E-state index in [9.17, 15) is 14.4 Å². The predicted octanol–water partition coefficient (Wildman–Crippen LogP) is 1.21. The molecule has 1 aliphatic heterocycles. The lowest BCUT2D eigenvalue weighted by molar-refractivity contribution is -0.113. The van der Waals surface area contributed by atoms with Crippen molar-refractivity contribution in [1.82, 2.24) is 10.2 Å². The van der Waals surface area contributed by atoms with Gasteiger partial charge < -0.3 is 4.90 Å². The van der Waals surface area contributed by atoms with E-state index in [1.807, 2.05) is 36.4 Å². The third-order valence-corrected chi connectivity index (χ3v) is 4.67. The smallest absolute Gasteiger partial charge is 0.271 e. The summed E-state index contributed by atoms with van der Waals surface area (Å²) in [6.07, 6.45) is 5.14. The third-order valence-electron chi connectivity index (χ3n) is 4.67. The maximum atomic E-state index is 13.0. The molecule has 138 valence electrons. The normalized spacial score (nSPS) is 16.8.